The number of nitro groups is 1. The molecule has 0 N–H and O–H groups in total. The summed E-state index contributed by atoms with van der Waals surface area (Å²) in [4.78, 5) is 12.3. The third-order valence-corrected chi connectivity index (χ3v) is 3.72. The van der Waals surface area contributed by atoms with Crippen LogP contribution in [-0.2, 0) is 13.1 Å². The van der Waals surface area contributed by atoms with Gasteiger partial charge in [-0.2, -0.15) is 0 Å². The molecule has 0 aromatic heterocycles. The summed E-state index contributed by atoms with van der Waals surface area (Å²) in [7, 11) is 3.24. The van der Waals surface area contributed by atoms with E-state index < -0.39 is 10.7 Å². The highest BCUT2D eigenvalue weighted by Gasteiger charge is 2.12. The van der Waals surface area contributed by atoms with Crippen LogP contribution in [0.2, 0.25) is 5.02 Å². The Kier molecular flexibility index (Phi) is 5.52. The SMILES string of the molecule is COc1ccc(CN(C)Cc2cc([N+](=O)[O-])ccc2Cl)cc1F. The Bertz CT molecular complexity index is 724. The third-order valence-electron chi connectivity index (χ3n) is 3.35. The summed E-state index contributed by atoms with van der Waals surface area (Å²) in [6.07, 6.45) is 0. The maximum atomic E-state index is 13.7. The maximum absolute atomic E-state index is 13.7. The number of halogens is 2. The summed E-state index contributed by atoms with van der Waals surface area (Å²) >= 11 is 6.09. The molecule has 2 rings (SSSR count). The lowest BCUT2D eigenvalue weighted by Gasteiger charge is -2.18. The molecule has 0 aliphatic carbocycles. The molecule has 0 fully saturated rings. The van der Waals surface area contributed by atoms with Crippen molar-refractivity contribution in [2.24, 2.45) is 0 Å². The van der Waals surface area contributed by atoms with Gasteiger partial charge in [-0.1, -0.05) is 17.7 Å². The number of nitro benzene ring substituents is 1. The summed E-state index contributed by atoms with van der Waals surface area (Å²) in [6, 6.07) is 9.07. The van der Waals surface area contributed by atoms with E-state index in [1.54, 1.807) is 12.1 Å². The highest BCUT2D eigenvalue weighted by atomic mass is 35.5. The van der Waals surface area contributed by atoms with Crippen molar-refractivity contribution >= 4 is 17.3 Å². The largest absolute Gasteiger partial charge is 0.494 e. The van der Waals surface area contributed by atoms with Gasteiger partial charge in [0.15, 0.2) is 11.6 Å². The van der Waals surface area contributed by atoms with Crippen LogP contribution in [0.5, 0.6) is 5.75 Å². The standard InChI is InChI=1S/C16H16ClFN2O3/c1-19(9-11-3-6-16(23-2)15(18)7-11)10-12-8-13(20(21)22)4-5-14(12)17/h3-8H,9-10H2,1-2H3. The Morgan fingerprint density at radius 3 is 2.61 bits per heavy atom. The number of hydrogen-bond acceptors (Lipinski definition) is 4. The predicted octanol–water partition coefficient (Wildman–Crippen LogP) is 4.03. The first-order valence-corrected chi connectivity index (χ1v) is 7.22. The van der Waals surface area contributed by atoms with Gasteiger partial charge in [0.05, 0.1) is 12.0 Å². The number of methoxy groups -OCH3 is 1. The molecular weight excluding hydrogens is 323 g/mol. The van der Waals surface area contributed by atoms with E-state index >= 15 is 0 Å². The lowest BCUT2D eigenvalue weighted by Crippen LogP contribution is -2.17. The molecule has 0 saturated heterocycles. The van der Waals surface area contributed by atoms with Crippen LogP contribution in [-0.4, -0.2) is 24.0 Å². The van der Waals surface area contributed by atoms with Gasteiger partial charge in [-0.15, -0.1) is 0 Å². The van der Waals surface area contributed by atoms with Crippen LogP contribution in [0.4, 0.5) is 10.1 Å². The fourth-order valence-electron chi connectivity index (χ4n) is 2.26. The Labute approximate surface area is 138 Å². The molecule has 0 bridgehead atoms. The maximum Gasteiger partial charge on any atom is 0.269 e. The van der Waals surface area contributed by atoms with Gasteiger partial charge < -0.3 is 4.74 Å². The second-order valence-electron chi connectivity index (χ2n) is 5.17. The van der Waals surface area contributed by atoms with E-state index in [1.165, 1.54) is 31.4 Å². The average molecular weight is 339 g/mol. The topological polar surface area (TPSA) is 55.6 Å². The van der Waals surface area contributed by atoms with Crippen LogP contribution in [0.1, 0.15) is 11.1 Å². The van der Waals surface area contributed by atoms with E-state index in [0.29, 0.717) is 23.7 Å². The van der Waals surface area contributed by atoms with E-state index in [-0.39, 0.29) is 11.4 Å². The van der Waals surface area contributed by atoms with Crippen molar-refractivity contribution in [3.8, 4) is 5.75 Å². The molecule has 122 valence electrons. The van der Waals surface area contributed by atoms with Gasteiger partial charge in [0.25, 0.3) is 5.69 Å². The van der Waals surface area contributed by atoms with E-state index in [9.17, 15) is 14.5 Å². The van der Waals surface area contributed by atoms with Crippen molar-refractivity contribution in [1.82, 2.24) is 4.90 Å². The highest BCUT2D eigenvalue weighted by Crippen LogP contribution is 2.24. The van der Waals surface area contributed by atoms with Gasteiger partial charge in [-0.05, 0) is 36.4 Å². The number of hydrogen-bond donors (Lipinski definition) is 0. The summed E-state index contributed by atoms with van der Waals surface area (Å²) in [5, 5.41) is 11.3. The minimum atomic E-state index is -0.460. The van der Waals surface area contributed by atoms with E-state index in [1.807, 2.05) is 11.9 Å². The second kappa shape index (κ2) is 7.39. The molecule has 5 nitrogen and oxygen atoms in total. The molecule has 0 atom stereocenters. The Morgan fingerprint density at radius 1 is 1.26 bits per heavy atom. The zero-order valence-corrected chi connectivity index (χ0v) is 13.5. The quantitative estimate of drug-likeness (QED) is 0.589. The molecule has 0 radical (unpaired) electrons. The van der Waals surface area contributed by atoms with Crippen LogP contribution in [0, 0.1) is 15.9 Å². The Balaban J connectivity index is 2.10. The lowest BCUT2D eigenvalue weighted by molar-refractivity contribution is -0.384. The van der Waals surface area contributed by atoms with Crippen LogP contribution < -0.4 is 4.74 Å². The molecule has 7 heteroatoms. The van der Waals surface area contributed by atoms with Gasteiger partial charge in [0, 0.05) is 30.2 Å². The number of ether oxygens (including phenoxy) is 1. The van der Waals surface area contributed by atoms with Gasteiger partial charge in [-0.3, -0.25) is 15.0 Å². The predicted molar refractivity (Wildman–Crippen MR) is 86.2 cm³/mol. The number of nitrogens with zero attached hydrogens (tertiary/aromatic N) is 2. The minimum Gasteiger partial charge on any atom is -0.494 e. The zero-order valence-electron chi connectivity index (χ0n) is 12.8. The summed E-state index contributed by atoms with van der Waals surface area (Å²) in [6.45, 7) is 0.883. The summed E-state index contributed by atoms with van der Waals surface area (Å²) in [5.74, 6) is -0.232. The molecule has 2 aromatic rings. The van der Waals surface area contributed by atoms with Crippen molar-refractivity contribution in [2.45, 2.75) is 13.1 Å². The van der Waals surface area contributed by atoms with Crippen LogP contribution in [0.25, 0.3) is 0 Å². The zero-order chi connectivity index (χ0) is 17.0. The van der Waals surface area contributed by atoms with Crippen molar-refractivity contribution in [3.63, 3.8) is 0 Å². The van der Waals surface area contributed by atoms with Gasteiger partial charge >= 0.3 is 0 Å². The Hall–Kier alpha value is -2.18. The molecule has 0 amide bonds. The van der Waals surface area contributed by atoms with Gasteiger partial charge in [0.2, 0.25) is 0 Å². The first kappa shape index (κ1) is 17.2. The van der Waals surface area contributed by atoms with E-state index in [2.05, 4.69) is 0 Å². The molecule has 2 aromatic carbocycles. The number of non-ortho nitro benzene ring substituents is 1. The molecule has 0 unspecified atom stereocenters. The monoisotopic (exact) mass is 338 g/mol. The van der Waals surface area contributed by atoms with Crippen molar-refractivity contribution in [1.29, 1.82) is 0 Å². The van der Waals surface area contributed by atoms with Crippen LogP contribution in [0.15, 0.2) is 36.4 Å². The summed E-state index contributed by atoms with van der Waals surface area (Å²) < 4.78 is 18.6. The molecule has 0 saturated carbocycles. The van der Waals surface area contributed by atoms with Gasteiger partial charge in [-0.25, -0.2) is 4.39 Å². The number of benzene rings is 2. The molecule has 0 heterocycles. The fourth-order valence-corrected chi connectivity index (χ4v) is 2.44. The molecule has 0 aliphatic heterocycles. The Morgan fingerprint density at radius 2 is 2.00 bits per heavy atom. The smallest absolute Gasteiger partial charge is 0.269 e. The first-order valence-electron chi connectivity index (χ1n) is 6.84. The van der Waals surface area contributed by atoms with Crippen molar-refractivity contribution in [3.05, 3.63) is 68.5 Å². The third kappa shape index (κ3) is 4.40. The van der Waals surface area contributed by atoms with Crippen LogP contribution in [0.3, 0.4) is 0 Å². The van der Waals surface area contributed by atoms with E-state index in [0.717, 1.165) is 5.56 Å². The summed E-state index contributed by atoms with van der Waals surface area (Å²) in [5.41, 5.74) is 1.41. The van der Waals surface area contributed by atoms with Gasteiger partial charge in [0.1, 0.15) is 0 Å². The minimum absolute atomic E-state index is 0.00621. The molecule has 0 spiro atoms. The van der Waals surface area contributed by atoms with Crippen molar-refractivity contribution in [2.75, 3.05) is 14.2 Å². The normalized spacial score (nSPS) is 10.8. The number of rotatable bonds is 6. The molecular formula is C16H16ClFN2O3. The van der Waals surface area contributed by atoms with E-state index in [4.69, 9.17) is 16.3 Å². The first-order chi connectivity index (χ1) is 10.9. The molecule has 23 heavy (non-hydrogen) atoms. The average Bonchev–Trinajstić information content (AvgIpc) is 2.49. The fraction of sp³-hybridized carbons (Fsp3) is 0.250. The van der Waals surface area contributed by atoms with Crippen LogP contribution >= 0.6 is 11.6 Å². The highest BCUT2D eigenvalue weighted by molar-refractivity contribution is 6.31. The lowest BCUT2D eigenvalue weighted by atomic mass is 10.1. The van der Waals surface area contributed by atoms with Crippen molar-refractivity contribution < 1.29 is 14.1 Å². The molecule has 0 aliphatic rings. The second-order valence-corrected chi connectivity index (χ2v) is 5.58.